The molecule has 2 rings (SSSR count). The molecule has 0 bridgehead atoms. The molecule has 0 aliphatic heterocycles. The number of carbonyl (C=O) groups is 3. The van der Waals surface area contributed by atoms with Gasteiger partial charge in [-0.1, -0.05) is 38.3 Å². The van der Waals surface area contributed by atoms with Gasteiger partial charge in [0.05, 0.1) is 19.1 Å². The van der Waals surface area contributed by atoms with E-state index in [9.17, 15) is 24.0 Å². The molecule has 0 saturated carbocycles. The van der Waals surface area contributed by atoms with Crippen LogP contribution in [0.3, 0.4) is 0 Å². The maximum absolute atomic E-state index is 12.4. The lowest BCUT2D eigenvalue weighted by atomic mass is 10.0. The van der Waals surface area contributed by atoms with Gasteiger partial charge in [0.2, 0.25) is 19.2 Å². The van der Waals surface area contributed by atoms with Crippen molar-refractivity contribution < 1.29 is 33.1 Å². The monoisotopic (exact) mass is 449 g/mol. The second kappa shape index (κ2) is 13.1. The second-order valence-electron chi connectivity index (χ2n) is 7.09. The van der Waals surface area contributed by atoms with Gasteiger partial charge in [-0.15, -0.1) is 0 Å². The average Bonchev–Trinajstić information content (AvgIpc) is 3.29. The van der Waals surface area contributed by atoms with Crippen LogP contribution < -0.4 is 15.4 Å². The van der Waals surface area contributed by atoms with Crippen LogP contribution in [0.1, 0.15) is 43.2 Å². The van der Waals surface area contributed by atoms with Crippen molar-refractivity contribution in [1.29, 1.82) is 0 Å². The lowest BCUT2D eigenvalue weighted by Crippen LogP contribution is -2.42. The van der Waals surface area contributed by atoms with Gasteiger partial charge in [0.15, 0.2) is 5.76 Å². The Balaban J connectivity index is 1.89. The quantitative estimate of drug-likeness (QED) is 0.134. The fourth-order valence-electron chi connectivity index (χ4n) is 3.08. The molecule has 3 N–H and O–H groups in total. The number of unbranched alkanes of at least 4 members (excludes halogenated alkanes) is 2. The zero-order chi connectivity index (χ0) is 23.3. The molecule has 0 fully saturated rings. The van der Waals surface area contributed by atoms with Crippen molar-refractivity contribution in [2.45, 2.75) is 32.6 Å². The van der Waals surface area contributed by atoms with Crippen molar-refractivity contribution in [2.24, 2.45) is 5.92 Å². The molecule has 1 aromatic heterocycles. The molecule has 1 atom stereocenters. The number of hydrogen-bond acceptors (Lipinski definition) is 6. The largest absolute Gasteiger partial charge is 0.463 e. The minimum absolute atomic E-state index is 0.0352. The molecule has 2 aromatic rings. The van der Waals surface area contributed by atoms with Crippen LogP contribution in [-0.2, 0) is 9.59 Å². The summed E-state index contributed by atoms with van der Waals surface area (Å²) in [5.41, 5.74) is 0.613. The molecule has 0 spiro atoms. The Kier molecular flexibility index (Phi) is 10.2. The van der Waals surface area contributed by atoms with E-state index in [1.807, 2.05) is 6.92 Å². The molecule has 0 saturated heterocycles. The van der Waals surface area contributed by atoms with E-state index in [4.69, 9.17) is 9.15 Å². The minimum Gasteiger partial charge on any atom is -0.463 e. The highest BCUT2D eigenvalue weighted by molar-refractivity contribution is 5.92. The fourth-order valence-corrected chi connectivity index (χ4v) is 3.08. The van der Waals surface area contributed by atoms with E-state index in [0.717, 1.165) is 19.3 Å². The average molecular weight is 449 g/mol. The molecule has 174 valence electrons. The van der Waals surface area contributed by atoms with Crippen LogP contribution in [-0.4, -0.2) is 48.6 Å². The van der Waals surface area contributed by atoms with Crippen molar-refractivity contribution in [3.05, 3.63) is 42.2 Å². The molecule has 0 aliphatic rings. The molecule has 1 unspecified atom stereocenters. The fraction of sp³-hybridized carbons (Fsp3) is 0.409. The smallest absolute Gasteiger partial charge is 0.288 e. The number of rotatable bonds is 14. The Morgan fingerprint density at radius 1 is 1.25 bits per heavy atom. The summed E-state index contributed by atoms with van der Waals surface area (Å²) in [4.78, 5) is 35.4. The summed E-state index contributed by atoms with van der Waals surface area (Å²) in [5.74, 6) is -0.745. The van der Waals surface area contributed by atoms with E-state index in [-0.39, 0.29) is 31.3 Å². The number of hydroxylamine groups is 2. The molecular weight excluding hydrogens is 421 g/mol. The first kappa shape index (κ1) is 24.9. The van der Waals surface area contributed by atoms with Crippen molar-refractivity contribution in [2.75, 3.05) is 20.1 Å². The van der Waals surface area contributed by atoms with E-state index in [2.05, 4.69) is 10.6 Å². The summed E-state index contributed by atoms with van der Waals surface area (Å²) in [6.07, 6.45) is 3.43. The van der Waals surface area contributed by atoms with Crippen LogP contribution in [0.2, 0.25) is 0 Å². The topological polar surface area (TPSA) is 121 Å². The number of nitrogens with one attached hydrogen (secondary N) is 2. The van der Waals surface area contributed by atoms with Crippen LogP contribution >= 0.6 is 0 Å². The van der Waals surface area contributed by atoms with Gasteiger partial charge in [-0.3, -0.25) is 19.6 Å². The van der Waals surface area contributed by atoms with Crippen molar-refractivity contribution >= 4 is 18.2 Å². The van der Waals surface area contributed by atoms with Crippen molar-refractivity contribution in [3.8, 4) is 17.1 Å². The highest BCUT2D eigenvalue weighted by Gasteiger charge is 2.21. The van der Waals surface area contributed by atoms with Crippen LogP contribution in [0.5, 0.6) is 5.75 Å². The molecule has 1 aromatic carbocycles. The predicted molar refractivity (Wildman–Crippen MR) is 113 cm³/mol. The maximum Gasteiger partial charge on any atom is 0.288 e. The van der Waals surface area contributed by atoms with Crippen molar-refractivity contribution in [1.82, 2.24) is 15.7 Å². The first-order valence-electron chi connectivity index (χ1n) is 10.3. The van der Waals surface area contributed by atoms with E-state index < -0.39 is 18.7 Å². The van der Waals surface area contributed by atoms with Crippen LogP contribution in [0, 0.1) is 5.92 Å². The Bertz CT molecular complexity index is 888. The van der Waals surface area contributed by atoms with Gasteiger partial charge >= 0.3 is 0 Å². The summed E-state index contributed by atoms with van der Waals surface area (Å²) >= 11 is 0. The summed E-state index contributed by atoms with van der Waals surface area (Å²) in [6.45, 7) is 0.805. The molecule has 0 radical (unpaired) electrons. The summed E-state index contributed by atoms with van der Waals surface area (Å²) in [7, 11) is 0. The van der Waals surface area contributed by atoms with Gasteiger partial charge in [0.25, 0.3) is 5.91 Å². The molecular formula is C22H28FN3O6. The first-order chi connectivity index (χ1) is 15.5. The third-order valence-corrected chi connectivity index (χ3v) is 4.74. The van der Waals surface area contributed by atoms with E-state index in [1.54, 1.807) is 30.3 Å². The van der Waals surface area contributed by atoms with Gasteiger partial charge < -0.3 is 19.8 Å². The first-order valence-corrected chi connectivity index (χ1v) is 10.3. The zero-order valence-electron chi connectivity index (χ0n) is 17.9. The van der Waals surface area contributed by atoms with Gasteiger partial charge in [-0.25, -0.2) is 9.45 Å². The molecule has 3 amide bonds. The Hall–Kier alpha value is -3.40. The normalized spacial score (nSPS) is 11.5. The Labute approximate surface area is 185 Å². The number of hydrogen-bond donors (Lipinski definition) is 3. The lowest BCUT2D eigenvalue weighted by molar-refractivity contribution is -0.154. The van der Waals surface area contributed by atoms with Gasteiger partial charge in [-0.2, -0.15) is 0 Å². The second-order valence-corrected chi connectivity index (χ2v) is 7.09. The Morgan fingerprint density at radius 2 is 2.06 bits per heavy atom. The Morgan fingerprint density at radius 3 is 2.78 bits per heavy atom. The van der Waals surface area contributed by atoms with Crippen molar-refractivity contribution in [3.63, 3.8) is 0 Å². The van der Waals surface area contributed by atoms with Crippen LogP contribution in [0.15, 0.2) is 40.8 Å². The summed E-state index contributed by atoms with van der Waals surface area (Å²) in [6, 6.07) is 9.67. The van der Waals surface area contributed by atoms with Gasteiger partial charge in [-0.05, 0) is 30.7 Å². The highest BCUT2D eigenvalue weighted by Crippen LogP contribution is 2.26. The molecule has 1 heterocycles. The lowest BCUT2D eigenvalue weighted by Gasteiger charge is -2.19. The summed E-state index contributed by atoms with van der Waals surface area (Å²) < 4.78 is 22.7. The SMILES string of the molecule is CCCCCC(CN(O)C=O)C(=O)NCNC(=O)c1ccc(-c2cccc(OCF)c2)o1. The number of ether oxygens (including phenoxy) is 1. The predicted octanol–water partition coefficient (Wildman–Crippen LogP) is 3.10. The molecule has 9 nitrogen and oxygen atoms in total. The van der Waals surface area contributed by atoms with E-state index in [1.165, 1.54) is 6.07 Å². The van der Waals surface area contributed by atoms with E-state index in [0.29, 0.717) is 28.6 Å². The number of halogens is 1. The molecule has 0 aliphatic carbocycles. The summed E-state index contributed by atoms with van der Waals surface area (Å²) in [5, 5.41) is 15.0. The zero-order valence-corrected chi connectivity index (χ0v) is 17.9. The number of amides is 3. The number of alkyl halides is 1. The number of furan rings is 1. The van der Waals surface area contributed by atoms with Crippen LogP contribution in [0.25, 0.3) is 11.3 Å². The third-order valence-electron chi connectivity index (χ3n) is 4.74. The highest BCUT2D eigenvalue weighted by atomic mass is 19.1. The van der Waals surface area contributed by atoms with Gasteiger partial charge in [0, 0.05) is 5.56 Å². The molecule has 32 heavy (non-hydrogen) atoms. The number of benzene rings is 1. The standard InChI is InChI=1S/C22H28FN3O6/c1-2-3-4-6-17(12-26(30)15-27)21(28)24-14-25-22(29)20-10-9-19(32-20)16-7-5-8-18(11-16)31-13-23/h5,7-11,15,17,30H,2-4,6,12-14H2,1H3,(H,24,28)(H,25,29). The van der Waals surface area contributed by atoms with Crippen LogP contribution in [0.4, 0.5) is 4.39 Å². The number of nitrogens with zero attached hydrogens (tertiary/aromatic N) is 1. The van der Waals surface area contributed by atoms with E-state index >= 15 is 0 Å². The maximum atomic E-state index is 12.4. The van der Waals surface area contributed by atoms with Gasteiger partial charge in [0.1, 0.15) is 11.5 Å². The minimum atomic E-state index is -0.952. The number of carbonyl (C=O) groups excluding carboxylic acids is 3. The molecule has 10 heteroatoms. The third kappa shape index (κ3) is 7.69.